The molecule has 3 amide bonds. The van der Waals surface area contributed by atoms with Gasteiger partial charge in [0.05, 0.1) is 13.5 Å². The average Bonchev–Trinajstić information content (AvgIpc) is 3.30. The van der Waals surface area contributed by atoms with Crippen molar-refractivity contribution in [3.63, 3.8) is 0 Å². The monoisotopic (exact) mass is 450 g/mol. The molecule has 1 aromatic heterocycles. The number of carbonyl (C=O) groups excluding carboxylic acids is 3. The van der Waals surface area contributed by atoms with Crippen molar-refractivity contribution < 1.29 is 23.6 Å². The minimum Gasteiger partial charge on any atom is -0.469 e. The Bertz CT molecular complexity index is 1140. The van der Waals surface area contributed by atoms with Crippen LogP contribution >= 0.6 is 0 Å². The number of ether oxygens (including phenoxy) is 1. The van der Waals surface area contributed by atoms with E-state index in [1.54, 1.807) is 38.2 Å². The normalized spacial score (nSPS) is 11.4. The van der Waals surface area contributed by atoms with Crippen LogP contribution in [-0.2, 0) is 9.53 Å². The number of aryl methyl sites for hydroxylation is 1. The summed E-state index contributed by atoms with van der Waals surface area (Å²) >= 11 is 0. The van der Waals surface area contributed by atoms with E-state index >= 15 is 0 Å². The molecular weight excluding hydrogens is 424 g/mol. The molecule has 1 atom stereocenters. The number of aromatic nitrogens is 1. The van der Waals surface area contributed by atoms with Gasteiger partial charge < -0.3 is 24.8 Å². The molecule has 3 aromatic rings. The van der Waals surface area contributed by atoms with Gasteiger partial charge in [-0.3, -0.25) is 9.59 Å². The smallest absolute Gasteiger partial charge is 0.323 e. The quantitative estimate of drug-likeness (QED) is 0.518. The lowest BCUT2D eigenvalue weighted by molar-refractivity contribution is -0.141. The maximum Gasteiger partial charge on any atom is 0.323 e. The first-order valence-electron chi connectivity index (χ1n) is 10.3. The number of urea groups is 1. The summed E-state index contributed by atoms with van der Waals surface area (Å²) in [7, 11) is 2.88. The van der Waals surface area contributed by atoms with Gasteiger partial charge in [0.2, 0.25) is 5.76 Å². The summed E-state index contributed by atoms with van der Waals surface area (Å²) < 4.78 is 9.88. The molecule has 1 heterocycles. The van der Waals surface area contributed by atoms with Gasteiger partial charge in [-0.2, -0.15) is 0 Å². The van der Waals surface area contributed by atoms with Crippen LogP contribution < -0.4 is 10.6 Å². The van der Waals surface area contributed by atoms with E-state index in [1.165, 1.54) is 18.1 Å². The Balaban J connectivity index is 1.67. The van der Waals surface area contributed by atoms with E-state index in [0.717, 1.165) is 5.56 Å². The number of esters is 1. The molecule has 0 fully saturated rings. The van der Waals surface area contributed by atoms with Crippen molar-refractivity contribution in [2.75, 3.05) is 24.8 Å². The van der Waals surface area contributed by atoms with Gasteiger partial charge in [-0.05, 0) is 38.1 Å². The van der Waals surface area contributed by atoms with E-state index in [4.69, 9.17) is 4.52 Å². The SMILES string of the molecule is COC(=O)CC(C)N(C)C(=O)c1cc(-c2cccc(NC(=O)Nc3ccc(C)cc3)c2)no1. The molecule has 3 rings (SSSR count). The molecule has 9 heteroatoms. The minimum atomic E-state index is -0.406. The molecule has 0 saturated carbocycles. The predicted octanol–water partition coefficient (Wildman–Crippen LogP) is 4.32. The first kappa shape index (κ1) is 23.5. The van der Waals surface area contributed by atoms with Gasteiger partial charge in [0.25, 0.3) is 5.91 Å². The van der Waals surface area contributed by atoms with Gasteiger partial charge in [-0.25, -0.2) is 4.79 Å². The third kappa shape index (κ3) is 6.19. The van der Waals surface area contributed by atoms with Crippen LogP contribution in [0, 0.1) is 6.92 Å². The van der Waals surface area contributed by atoms with Crippen molar-refractivity contribution in [1.29, 1.82) is 0 Å². The van der Waals surface area contributed by atoms with Crippen molar-refractivity contribution >= 4 is 29.3 Å². The number of hydrogen-bond acceptors (Lipinski definition) is 6. The molecule has 0 aliphatic rings. The van der Waals surface area contributed by atoms with Crippen molar-refractivity contribution in [2.45, 2.75) is 26.3 Å². The Morgan fingerprint density at radius 2 is 1.76 bits per heavy atom. The highest BCUT2D eigenvalue weighted by Gasteiger charge is 2.24. The number of amides is 3. The summed E-state index contributed by atoms with van der Waals surface area (Å²) in [5, 5.41) is 9.52. The molecule has 0 aliphatic heterocycles. The molecule has 0 aliphatic carbocycles. The fourth-order valence-corrected chi connectivity index (χ4v) is 3.03. The molecule has 0 radical (unpaired) electrons. The Hall–Kier alpha value is -4.14. The van der Waals surface area contributed by atoms with E-state index in [-0.39, 0.29) is 24.3 Å². The van der Waals surface area contributed by atoms with E-state index < -0.39 is 11.9 Å². The summed E-state index contributed by atoms with van der Waals surface area (Å²) in [5.41, 5.74) is 3.44. The molecule has 172 valence electrons. The molecule has 2 N–H and O–H groups in total. The molecular formula is C24H26N4O5. The Labute approximate surface area is 191 Å². The van der Waals surface area contributed by atoms with Crippen molar-refractivity contribution in [3.8, 4) is 11.3 Å². The van der Waals surface area contributed by atoms with Gasteiger partial charge in [0.1, 0.15) is 5.69 Å². The van der Waals surface area contributed by atoms with Crippen LogP contribution in [0.2, 0.25) is 0 Å². The summed E-state index contributed by atoms with van der Waals surface area (Å²) in [6.45, 7) is 3.71. The number of hydrogen-bond donors (Lipinski definition) is 2. The number of carbonyl (C=O) groups is 3. The summed E-state index contributed by atoms with van der Waals surface area (Å²) in [4.78, 5) is 37.9. The molecule has 9 nitrogen and oxygen atoms in total. The zero-order valence-electron chi connectivity index (χ0n) is 18.9. The lowest BCUT2D eigenvalue weighted by Crippen LogP contribution is -2.36. The van der Waals surface area contributed by atoms with E-state index in [1.807, 2.05) is 31.2 Å². The third-order valence-corrected chi connectivity index (χ3v) is 5.12. The zero-order chi connectivity index (χ0) is 24.0. The van der Waals surface area contributed by atoms with E-state index in [2.05, 4.69) is 20.5 Å². The van der Waals surface area contributed by atoms with Gasteiger partial charge in [0, 0.05) is 36.1 Å². The van der Waals surface area contributed by atoms with Crippen molar-refractivity contribution in [3.05, 3.63) is 65.9 Å². The summed E-state index contributed by atoms with van der Waals surface area (Å²) in [6, 6.07) is 15.2. The van der Waals surface area contributed by atoms with Crippen LogP contribution in [0.3, 0.4) is 0 Å². The highest BCUT2D eigenvalue weighted by molar-refractivity contribution is 6.00. The highest BCUT2D eigenvalue weighted by Crippen LogP contribution is 2.23. The Kier molecular flexibility index (Phi) is 7.45. The molecule has 2 aromatic carbocycles. The molecule has 0 saturated heterocycles. The Morgan fingerprint density at radius 1 is 1.06 bits per heavy atom. The lowest BCUT2D eigenvalue weighted by Gasteiger charge is -2.22. The number of rotatable bonds is 7. The van der Waals surface area contributed by atoms with Crippen LogP contribution in [-0.4, -0.2) is 48.2 Å². The number of nitrogens with zero attached hydrogens (tertiary/aromatic N) is 2. The predicted molar refractivity (Wildman–Crippen MR) is 124 cm³/mol. The third-order valence-electron chi connectivity index (χ3n) is 5.12. The lowest BCUT2D eigenvalue weighted by atomic mass is 10.1. The second-order valence-electron chi connectivity index (χ2n) is 7.65. The minimum absolute atomic E-state index is 0.0414. The fraction of sp³-hybridized carbons (Fsp3) is 0.250. The van der Waals surface area contributed by atoms with Crippen LogP contribution in [0.1, 0.15) is 29.5 Å². The Morgan fingerprint density at radius 3 is 2.45 bits per heavy atom. The standard InChI is InChI=1S/C24H26N4O5/c1-15-8-10-18(11-9-15)25-24(31)26-19-7-5-6-17(13-19)20-14-21(33-27-20)23(30)28(3)16(2)12-22(29)32-4/h5-11,13-14,16H,12H2,1-4H3,(H2,25,26,31). The van der Waals surface area contributed by atoms with Crippen molar-refractivity contribution in [2.24, 2.45) is 0 Å². The van der Waals surface area contributed by atoms with E-state index in [0.29, 0.717) is 22.6 Å². The largest absolute Gasteiger partial charge is 0.469 e. The maximum atomic E-state index is 12.7. The van der Waals surface area contributed by atoms with Crippen LogP contribution in [0.15, 0.2) is 59.1 Å². The first-order chi connectivity index (χ1) is 15.8. The second-order valence-corrected chi connectivity index (χ2v) is 7.65. The fourth-order valence-electron chi connectivity index (χ4n) is 3.03. The summed E-state index contributed by atoms with van der Waals surface area (Å²) in [5.74, 6) is -0.771. The van der Waals surface area contributed by atoms with Crippen LogP contribution in [0.25, 0.3) is 11.3 Å². The zero-order valence-corrected chi connectivity index (χ0v) is 18.9. The van der Waals surface area contributed by atoms with Crippen LogP contribution in [0.5, 0.6) is 0 Å². The van der Waals surface area contributed by atoms with E-state index in [9.17, 15) is 14.4 Å². The molecule has 1 unspecified atom stereocenters. The first-order valence-corrected chi connectivity index (χ1v) is 10.3. The van der Waals surface area contributed by atoms with Crippen molar-refractivity contribution in [1.82, 2.24) is 10.1 Å². The van der Waals surface area contributed by atoms with Gasteiger partial charge in [-0.1, -0.05) is 35.0 Å². The number of methoxy groups -OCH3 is 1. The van der Waals surface area contributed by atoms with Crippen LogP contribution in [0.4, 0.5) is 16.2 Å². The topological polar surface area (TPSA) is 114 Å². The molecule has 33 heavy (non-hydrogen) atoms. The number of nitrogens with one attached hydrogen (secondary N) is 2. The highest BCUT2D eigenvalue weighted by atomic mass is 16.5. The van der Waals surface area contributed by atoms with Gasteiger partial charge >= 0.3 is 12.0 Å². The second kappa shape index (κ2) is 10.4. The van der Waals surface area contributed by atoms with Gasteiger partial charge in [-0.15, -0.1) is 0 Å². The summed E-state index contributed by atoms with van der Waals surface area (Å²) in [6.07, 6.45) is 0.0676. The van der Waals surface area contributed by atoms with Gasteiger partial charge in [0.15, 0.2) is 0 Å². The maximum absolute atomic E-state index is 12.7. The number of anilines is 2. The number of benzene rings is 2. The molecule has 0 spiro atoms. The molecule has 0 bridgehead atoms. The average molecular weight is 450 g/mol.